The molecule has 18 heavy (non-hydrogen) atoms. The number of hydrogen-bond acceptors (Lipinski definition) is 2. The highest BCUT2D eigenvalue weighted by Gasteiger charge is 2.18. The van der Waals surface area contributed by atoms with Gasteiger partial charge >= 0.3 is 0 Å². The number of aromatic nitrogens is 1. The average molecular weight is 233 g/mol. The summed E-state index contributed by atoms with van der Waals surface area (Å²) in [6.07, 6.45) is 2.62. The Morgan fingerprint density at radius 1 is 0.889 bits per heavy atom. The molecule has 0 aliphatic heterocycles. The lowest BCUT2D eigenvalue weighted by Crippen LogP contribution is -1.83. The Hall–Kier alpha value is -2.35. The summed E-state index contributed by atoms with van der Waals surface area (Å²) in [6, 6.07) is 17.0. The minimum absolute atomic E-state index is 0.897. The van der Waals surface area contributed by atoms with Gasteiger partial charge < -0.3 is 4.52 Å². The molecule has 1 aliphatic rings. The monoisotopic (exact) mass is 233 g/mol. The third-order valence-corrected chi connectivity index (χ3v) is 3.53. The Bertz CT molecular complexity index is 714. The van der Waals surface area contributed by atoms with Crippen LogP contribution in [0.4, 0.5) is 0 Å². The van der Waals surface area contributed by atoms with Crippen LogP contribution >= 0.6 is 0 Å². The van der Waals surface area contributed by atoms with E-state index in [4.69, 9.17) is 4.52 Å². The third-order valence-electron chi connectivity index (χ3n) is 3.53. The molecular weight excluding hydrogens is 222 g/mol. The van der Waals surface area contributed by atoms with Gasteiger partial charge in [0.1, 0.15) is 12.0 Å². The fraction of sp³-hybridized carbons (Fsp3) is 0.0625. The van der Waals surface area contributed by atoms with Crippen molar-refractivity contribution >= 4 is 0 Å². The van der Waals surface area contributed by atoms with Crippen molar-refractivity contribution in [3.05, 3.63) is 65.9 Å². The van der Waals surface area contributed by atoms with Crippen molar-refractivity contribution in [3.63, 3.8) is 0 Å². The zero-order chi connectivity index (χ0) is 11.9. The van der Waals surface area contributed by atoms with Crippen molar-refractivity contribution in [1.82, 2.24) is 5.16 Å². The summed E-state index contributed by atoms with van der Waals surface area (Å²) in [5, 5.41) is 3.99. The first-order valence-corrected chi connectivity index (χ1v) is 6.04. The van der Waals surface area contributed by atoms with Crippen LogP contribution in [-0.2, 0) is 6.42 Å². The average Bonchev–Trinajstić information content (AvgIpc) is 3.05. The molecule has 0 atom stereocenters. The predicted molar refractivity (Wildman–Crippen MR) is 70.2 cm³/mol. The Kier molecular flexibility index (Phi) is 1.92. The fourth-order valence-electron chi connectivity index (χ4n) is 2.67. The predicted octanol–water partition coefficient (Wildman–Crippen LogP) is 3.91. The maximum atomic E-state index is 4.90. The van der Waals surface area contributed by atoms with Gasteiger partial charge in [0.2, 0.25) is 0 Å². The summed E-state index contributed by atoms with van der Waals surface area (Å²) in [6.45, 7) is 0. The molecule has 0 spiro atoms. The second-order valence-corrected chi connectivity index (χ2v) is 4.59. The number of nitrogens with zero attached hydrogens (tertiary/aromatic N) is 1. The first-order chi connectivity index (χ1) is 8.92. The van der Waals surface area contributed by atoms with Gasteiger partial charge in [-0.25, -0.2) is 0 Å². The first kappa shape index (κ1) is 9.66. The molecule has 0 N–H and O–H groups in total. The van der Waals surface area contributed by atoms with Crippen LogP contribution in [0.3, 0.4) is 0 Å². The van der Waals surface area contributed by atoms with Crippen molar-refractivity contribution in [2.75, 3.05) is 0 Å². The Morgan fingerprint density at radius 3 is 2.67 bits per heavy atom. The first-order valence-electron chi connectivity index (χ1n) is 6.04. The van der Waals surface area contributed by atoms with Crippen LogP contribution in [0.1, 0.15) is 11.1 Å². The van der Waals surface area contributed by atoms with E-state index < -0.39 is 0 Å². The van der Waals surface area contributed by atoms with Crippen LogP contribution in [0.25, 0.3) is 22.4 Å². The topological polar surface area (TPSA) is 26.0 Å². The van der Waals surface area contributed by atoms with E-state index in [0.29, 0.717) is 0 Å². The van der Waals surface area contributed by atoms with Crippen molar-refractivity contribution < 1.29 is 4.52 Å². The second kappa shape index (κ2) is 3.57. The molecule has 1 heterocycles. The van der Waals surface area contributed by atoms with Crippen LogP contribution in [0.5, 0.6) is 0 Å². The lowest BCUT2D eigenvalue weighted by molar-refractivity contribution is 0.422. The summed E-state index contributed by atoms with van der Waals surface area (Å²) in [5.74, 6) is 0. The van der Waals surface area contributed by atoms with E-state index in [0.717, 1.165) is 17.7 Å². The summed E-state index contributed by atoms with van der Waals surface area (Å²) in [4.78, 5) is 0. The molecule has 0 saturated heterocycles. The summed E-state index contributed by atoms with van der Waals surface area (Å²) in [5.41, 5.74) is 7.50. The SMILES string of the molecule is c1ccc2c(c1)Cc1cc(-c3ccon3)ccc1-2. The van der Waals surface area contributed by atoms with Crippen LogP contribution in [-0.4, -0.2) is 5.16 Å². The minimum atomic E-state index is 0.897. The normalized spacial score (nSPS) is 12.2. The smallest absolute Gasteiger partial charge is 0.124 e. The van der Waals surface area contributed by atoms with Gasteiger partial charge in [-0.2, -0.15) is 0 Å². The molecule has 2 aromatic carbocycles. The lowest BCUT2D eigenvalue weighted by Gasteiger charge is -2.02. The standard InChI is InChI=1S/C16H11NO/c1-2-4-14-11(3-1)9-13-10-12(5-6-15(13)14)16-7-8-18-17-16/h1-8,10H,9H2. The molecule has 0 radical (unpaired) electrons. The zero-order valence-corrected chi connectivity index (χ0v) is 9.76. The van der Waals surface area contributed by atoms with E-state index in [-0.39, 0.29) is 0 Å². The second-order valence-electron chi connectivity index (χ2n) is 4.59. The van der Waals surface area contributed by atoms with Crippen LogP contribution in [0.15, 0.2) is 59.3 Å². The molecular formula is C16H11NO. The molecule has 2 heteroatoms. The highest BCUT2D eigenvalue weighted by Crippen LogP contribution is 2.38. The highest BCUT2D eigenvalue weighted by atomic mass is 16.5. The van der Waals surface area contributed by atoms with E-state index in [1.807, 2.05) is 6.07 Å². The Morgan fingerprint density at radius 2 is 1.78 bits per heavy atom. The summed E-state index contributed by atoms with van der Waals surface area (Å²) < 4.78 is 4.90. The van der Waals surface area contributed by atoms with E-state index in [1.165, 1.54) is 22.3 Å². The van der Waals surface area contributed by atoms with Gasteiger partial charge in [-0.15, -0.1) is 0 Å². The Labute approximate surface area is 105 Å². The minimum Gasteiger partial charge on any atom is -0.364 e. The van der Waals surface area contributed by atoms with Crippen LogP contribution < -0.4 is 0 Å². The van der Waals surface area contributed by atoms with Crippen LogP contribution in [0.2, 0.25) is 0 Å². The molecule has 86 valence electrons. The van der Waals surface area contributed by atoms with Gasteiger partial charge in [-0.3, -0.25) is 0 Å². The van der Waals surface area contributed by atoms with E-state index in [9.17, 15) is 0 Å². The highest BCUT2D eigenvalue weighted by molar-refractivity contribution is 5.79. The number of rotatable bonds is 1. The van der Waals surface area contributed by atoms with Gasteiger partial charge in [0.25, 0.3) is 0 Å². The molecule has 0 amide bonds. The van der Waals surface area contributed by atoms with Crippen molar-refractivity contribution in [2.45, 2.75) is 6.42 Å². The quantitative estimate of drug-likeness (QED) is 0.498. The molecule has 4 rings (SSSR count). The third kappa shape index (κ3) is 1.32. The molecule has 0 unspecified atom stereocenters. The molecule has 1 aliphatic carbocycles. The fourth-order valence-corrected chi connectivity index (χ4v) is 2.67. The van der Waals surface area contributed by atoms with Gasteiger partial charge in [0.05, 0.1) is 0 Å². The number of fused-ring (bicyclic) bond motifs is 3. The summed E-state index contributed by atoms with van der Waals surface area (Å²) in [7, 11) is 0. The van der Waals surface area contributed by atoms with Crippen molar-refractivity contribution in [1.29, 1.82) is 0 Å². The molecule has 1 aromatic heterocycles. The number of benzene rings is 2. The van der Waals surface area contributed by atoms with Gasteiger partial charge in [0, 0.05) is 11.6 Å². The molecule has 0 bridgehead atoms. The van der Waals surface area contributed by atoms with Gasteiger partial charge in [0.15, 0.2) is 0 Å². The van der Waals surface area contributed by atoms with E-state index in [2.05, 4.69) is 47.6 Å². The van der Waals surface area contributed by atoms with Crippen molar-refractivity contribution in [3.8, 4) is 22.4 Å². The van der Waals surface area contributed by atoms with Gasteiger partial charge in [-0.05, 0) is 34.7 Å². The summed E-state index contributed by atoms with van der Waals surface area (Å²) >= 11 is 0. The van der Waals surface area contributed by atoms with E-state index >= 15 is 0 Å². The maximum absolute atomic E-state index is 4.90. The van der Waals surface area contributed by atoms with Crippen molar-refractivity contribution in [2.24, 2.45) is 0 Å². The Balaban J connectivity index is 1.87. The maximum Gasteiger partial charge on any atom is 0.124 e. The van der Waals surface area contributed by atoms with Crippen LogP contribution in [0, 0.1) is 0 Å². The lowest BCUT2D eigenvalue weighted by atomic mass is 10.0. The molecule has 0 fully saturated rings. The zero-order valence-electron chi connectivity index (χ0n) is 9.76. The van der Waals surface area contributed by atoms with E-state index in [1.54, 1.807) is 6.26 Å². The molecule has 2 nitrogen and oxygen atoms in total. The molecule has 0 saturated carbocycles. The number of hydrogen-bond donors (Lipinski definition) is 0. The van der Waals surface area contributed by atoms with Gasteiger partial charge in [-0.1, -0.05) is 41.6 Å². The molecule has 3 aromatic rings. The largest absolute Gasteiger partial charge is 0.364 e.